The molecule has 0 amide bonds. The van der Waals surface area contributed by atoms with E-state index in [9.17, 15) is 4.79 Å². The van der Waals surface area contributed by atoms with Crippen LogP contribution in [0.25, 0.3) is 0 Å². The molecule has 0 atom stereocenters. The molecule has 0 aromatic heterocycles. The highest BCUT2D eigenvalue weighted by Crippen LogP contribution is 2.21. The minimum atomic E-state index is -0.0519. The molecule has 2 N–H and O–H groups in total. The molecule has 22 heavy (non-hydrogen) atoms. The van der Waals surface area contributed by atoms with Crippen LogP contribution >= 0.6 is 0 Å². The Kier molecular flexibility index (Phi) is 7.54. The first-order valence-corrected chi connectivity index (χ1v) is 8.94. The number of hydrogen-bond acceptors (Lipinski definition) is 3. The molecule has 5 heteroatoms. The fraction of sp³-hybridized carbons (Fsp3) is 0.882. The zero-order chi connectivity index (χ0) is 15.6. The lowest BCUT2D eigenvalue weighted by atomic mass is 9.96. The van der Waals surface area contributed by atoms with Crippen LogP contribution in [-0.4, -0.2) is 37.7 Å². The lowest BCUT2D eigenvalue weighted by Crippen LogP contribution is -2.44. The zero-order valence-corrected chi connectivity index (χ0v) is 13.9. The van der Waals surface area contributed by atoms with Gasteiger partial charge in [0.25, 0.3) is 0 Å². The molecular formula is C17H31N3O2. The Bertz CT molecular complexity index is 359. The third-order valence-corrected chi connectivity index (χ3v) is 4.62. The maximum Gasteiger partial charge on any atom is 0.306 e. The van der Waals surface area contributed by atoms with Gasteiger partial charge in [0, 0.05) is 26.1 Å². The van der Waals surface area contributed by atoms with E-state index >= 15 is 0 Å². The number of carbonyl (C=O) groups excluding carboxylic acids is 1. The largest absolute Gasteiger partial charge is 0.462 e. The molecule has 2 rings (SSSR count). The van der Waals surface area contributed by atoms with Gasteiger partial charge in [0.05, 0.1) is 0 Å². The molecule has 126 valence electrons. The predicted molar refractivity (Wildman–Crippen MR) is 89.0 cm³/mol. The number of guanidine groups is 1. The Hall–Kier alpha value is -1.26. The topological polar surface area (TPSA) is 62.7 Å². The van der Waals surface area contributed by atoms with E-state index in [1.54, 1.807) is 7.05 Å². The Morgan fingerprint density at radius 3 is 2.45 bits per heavy atom. The minimum absolute atomic E-state index is 0.0519. The second-order valence-electron chi connectivity index (χ2n) is 6.48. The van der Waals surface area contributed by atoms with Gasteiger partial charge in [-0.1, -0.05) is 19.3 Å². The van der Waals surface area contributed by atoms with Crippen LogP contribution in [0.2, 0.25) is 0 Å². The molecule has 0 heterocycles. The fourth-order valence-corrected chi connectivity index (χ4v) is 3.33. The van der Waals surface area contributed by atoms with Crippen molar-refractivity contribution in [1.82, 2.24) is 10.6 Å². The summed E-state index contributed by atoms with van der Waals surface area (Å²) in [5.41, 5.74) is 0. The number of esters is 1. The molecule has 2 fully saturated rings. The predicted octanol–water partition coefficient (Wildman–Crippen LogP) is 2.75. The molecule has 2 saturated carbocycles. The van der Waals surface area contributed by atoms with Gasteiger partial charge in [0.2, 0.25) is 0 Å². The highest BCUT2D eigenvalue weighted by Gasteiger charge is 2.19. The fourth-order valence-electron chi connectivity index (χ4n) is 3.33. The third-order valence-electron chi connectivity index (χ3n) is 4.62. The molecule has 5 nitrogen and oxygen atoms in total. The summed E-state index contributed by atoms with van der Waals surface area (Å²) in [6.07, 6.45) is 12.4. The summed E-state index contributed by atoms with van der Waals surface area (Å²) in [6, 6.07) is 0.548. The molecule has 0 spiro atoms. The molecule has 0 aliphatic heterocycles. The summed E-state index contributed by atoms with van der Waals surface area (Å²) in [5, 5.41) is 6.77. The van der Waals surface area contributed by atoms with E-state index in [-0.39, 0.29) is 12.1 Å². The van der Waals surface area contributed by atoms with Gasteiger partial charge in [0.15, 0.2) is 5.96 Å². The lowest BCUT2D eigenvalue weighted by Gasteiger charge is -2.24. The van der Waals surface area contributed by atoms with Gasteiger partial charge in [0.1, 0.15) is 6.10 Å². The van der Waals surface area contributed by atoms with E-state index in [1.165, 1.54) is 44.9 Å². The van der Waals surface area contributed by atoms with Crippen molar-refractivity contribution in [3.8, 4) is 0 Å². The average Bonchev–Trinajstić information content (AvgIpc) is 3.04. The number of ether oxygens (including phenoxy) is 1. The first-order chi connectivity index (χ1) is 10.8. The summed E-state index contributed by atoms with van der Waals surface area (Å²) in [7, 11) is 1.80. The molecule has 0 bridgehead atoms. The van der Waals surface area contributed by atoms with Gasteiger partial charge in [-0.25, -0.2) is 0 Å². The summed E-state index contributed by atoms with van der Waals surface area (Å²) < 4.78 is 5.45. The van der Waals surface area contributed by atoms with Crippen molar-refractivity contribution in [3.05, 3.63) is 0 Å². The number of aliphatic imine (C=N–C) groups is 1. The van der Waals surface area contributed by atoms with Gasteiger partial charge in [-0.15, -0.1) is 0 Å². The molecule has 2 aliphatic rings. The quantitative estimate of drug-likeness (QED) is 0.343. The van der Waals surface area contributed by atoms with Crippen LogP contribution in [0.4, 0.5) is 0 Å². The van der Waals surface area contributed by atoms with Crippen LogP contribution in [0.5, 0.6) is 0 Å². The van der Waals surface area contributed by atoms with Crippen molar-refractivity contribution < 1.29 is 9.53 Å². The van der Waals surface area contributed by atoms with Crippen molar-refractivity contribution in [2.24, 2.45) is 4.99 Å². The maximum atomic E-state index is 11.7. The number of rotatable bonds is 6. The van der Waals surface area contributed by atoms with Crippen LogP contribution < -0.4 is 10.6 Å². The first-order valence-electron chi connectivity index (χ1n) is 8.94. The molecule has 0 aromatic carbocycles. The zero-order valence-electron chi connectivity index (χ0n) is 13.9. The Morgan fingerprint density at radius 2 is 1.77 bits per heavy atom. The van der Waals surface area contributed by atoms with Gasteiger partial charge >= 0.3 is 5.97 Å². The smallest absolute Gasteiger partial charge is 0.306 e. The van der Waals surface area contributed by atoms with Crippen LogP contribution in [0, 0.1) is 0 Å². The highest BCUT2D eigenvalue weighted by molar-refractivity contribution is 5.80. The van der Waals surface area contributed by atoms with Gasteiger partial charge < -0.3 is 15.4 Å². The normalized spacial score (nSPS) is 20.9. The number of nitrogens with one attached hydrogen (secondary N) is 2. The van der Waals surface area contributed by atoms with Crippen LogP contribution in [-0.2, 0) is 9.53 Å². The Morgan fingerprint density at radius 1 is 1.09 bits per heavy atom. The van der Waals surface area contributed by atoms with Crippen molar-refractivity contribution in [1.29, 1.82) is 0 Å². The summed E-state index contributed by atoms with van der Waals surface area (Å²) in [5.74, 6) is 0.806. The monoisotopic (exact) mass is 309 g/mol. The molecule has 2 aliphatic carbocycles. The summed E-state index contributed by atoms with van der Waals surface area (Å²) >= 11 is 0. The molecule has 0 radical (unpaired) electrons. The number of carbonyl (C=O) groups is 1. The molecule has 0 aromatic rings. The van der Waals surface area contributed by atoms with E-state index in [0.717, 1.165) is 31.8 Å². The van der Waals surface area contributed by atoms with E-state index in [0.29, 0.717) is 12.5 Å². The second-order valence-corrected chi connectivity index (χ2v) is 6.48. The second kappa shape index (κ2) is 9.70. The van der Waals surface area contributed by atoms with E-state index < -0.39 is 0 Å². The van der Waals surface area contributed by atoms with Crippen LogP contribution in [0.15, 0.2) is 4.99 Å². The van der Waals surface area contributed by atoms with Crippen LogP contribution in [0.1, 0.15) is 70.6 Å². The van der Waals surface area contributed by atoms with Crippen molar-refractivity contribution in [3.63, 3.8) is 0 Å². The Labute approximate surface area is 134 Å². The molecular weight excluding hydrogens is 278 g/mol. The van der Waals surface area contributed by atoms with Crippen LogP contribution in [0.3, 0.4) is 0 Å². The third kappa shape index (κ3) is 6.24. The SMILES string of the molecule is CN=C(NCCCC(=O)OC1CCCC1)NC1CCCCC1. The van der Waals surface area contributed by atoms with Crippen molar-refractivity contribution >= 4 is 11.9 Å². The Balaban J connectivity index is 1.54. The van der Waals surface area contributed by atoms with Crippen molar-refractivity contribution in [2.45, 2.75) is 82.8 Å². The van der Waals surface area contributed by atoms with E-state index in [1.807, 2.05) is 0 Å². The average molecular weight is 309 g/mol. The summed E-state index contributed by atoms with van der Waals surface area (Å²) in [4.78, 5) is 16.0. The number of nitrogens with zero attached hydrogens (tertiary/aromatic N) is 1. The maximum absolute atomic E-state index is 11.7. The molecule has 0 unspecified atom stereocenters. The summed E-state index contributed by atoms with van der Waals surface area (Å²) in [6.45, 7) is 0.756. The number of hydrogen-bond donors (Lipinski definition) is 2. The standard InChI is InChI=1S/C17H31N3O2/c1-18-17(20-14-8-3-2-4-9-14)19-13-7-12-16(21)22-15-10-5-6-11-15/h14-15H,2-13H2,1H3,(H2,18,19,20). The van der Waals surface area contributed by atoms with Gasteiger partial charge in [-0.05, 0) is 44.9 Å². The first kappa shape index (κ1) is 17.1. The van der Waals surface area contributed by atoms with Crippen molar-refractivity contribution in [2.75, 3.05) is 13.6 Å². The molecule has 0 saturated heterocycles. The van der Waals surface area contributed by atoms with E-state index in [2.05, 4.69) is 15.6 Å². The highest BCUT2D eigenvalue weighted by atomic mass is 16.5. The van der Waals surface area contributed by atoms with Gasteiger partial charge in [-0.2, -0.15) is 0 Å². The van der Waals surface area contributed by atoms with Gasteiger partial charge in [-0.3, -0.25) is 9.79 Å². The van der Waals surface area contributed by atoms with E-state index in [4.69, 9.17) is 4.74 Å². The minimum Gasteiger partial charge on any atom is -0.462 e. The lowest BCUT2D eigenvalue weighted by molar-refractivity contribution is -0.148.